The van der Waals surface area contributed by atoms with Crippen LogP contribution in [0, 0.1) is 13.8 Å². The molecule has 94 valence electrons. The van der Waals surface area contributed by atoms with Gasteiger partial charge in [0.1, 0.15) is 11.6 Å². The zero-order chi connectivity index (χ0) is 13.1. The summed E-state index contributed by atoms with van der Waals surface area (Å²) in [6.45, 7) is 3.87. The van der Waals surface area contributed by atoms with Crippen LogP contribution in [-0.2, 0) is 0 Å². The molecule has 2 aromatic rings. The summed E-state index contributed by atoms with van der Waals surface area (Å²) in [5, 5.41) is 3.08. The van der Waals surface area contributed by atoms with E-state index in [0.717, 1.165) is 28.5 Å². The van der Waals surface area contributed by atoms with E-state index in [9.17, 15) is 0 Å². The number of hydrogen-bond donors (Lipinski definition) is 1. The van der Waals surface area contributed by atoms with Crippen LogP contribution in [0.4, 0.5) is 5.82 Å². The van der Waals surface area contributed by atoms with Crippen molar-refractivity contribution in [2.24, 2.45) is 0 Å². The molecule has 2 heterocycles. The van der Waals surface area contributed by atoms with Gasteiger partial charge in [0.15, 0.2) is 0 Å². The lowest BCUT2D eigenvalue weighted by Gasteiger charge is -2.11. The normalized spacial score (nSPS) is 10.2. The van der Waals surface area contributed by atoms with Gasteiger partial charge in [0.05, 0.1) is 12.8 Å². The molecule has 2 aromatic heterocycles. The Morgan fingerprint density at radius 2 is 2.00 bits per heavy atom. The molecule has 0 saturated heterocycles. The first kappa shape index (κ1) is 12.3. The van der Waals surface area contributed by atoms with Crippen molar-refractivity contribution in [2.45, 2.75) is 13.8 Å². The van der Waals surface area contributed by atoms with Gasteiger partial charge in [-0.15, -0.1) is 0 Å². The van der Waals surface area contributed by atoms with Crippen molar-refractivity contribution >= 4 is 5.82 Å². The van der Waals surface area contributed by atoms with Gasteiger partial charge in [-0.25, -0.2) is 15.0 Å². The molecule has 0 bridgehead atoms. The third-order valence-electron chi connectivity index (χ3n) is 2.71. The number of rotatable bonds is 3. The molecule has 1 N–H and O–H groups in total. The maximum absolute atomic E-state index is 5.13. The summed E-state index contributed by atoms with van der Waals surface area (Å²) < 4.78 is 5.13. The zero-order valence-electron chi connectivity index (χ0n) is 11.0. The second kappa shape index (κ2) is 5.00. The number of anilines is 1. The number of methoxy groups -OCH3 is 1. The van der Waals surface area contributed by atoms with Crippen LogP contribution < -0.4 is 10.1 Å². The highest BCUT2D eigenvalue weighted by molar-refractivity contribution is 5.68. The third-order valence-corrected chi connectivity index (χ3v) is 2.71. The Bertz CT molecular complexity index is 569. The highest BCUT2D eigenvalue weighted by Gasteiger charge is 2.11. The van der Waals surface area contributed by atoms with Crippen LogP contribution in [0.25, 0.3) is 11.3 Å². The Morgan fingerprint density at radius 3 is 2.67 bits per heavy atom. The zero-order valence-corrected chi connectivity index (χ0v) is 11.0. The Morgan fingerprint density at radius 1 is 1.22 bits per heavy atom. The molecular weight excluding hydrogens is 228 g/mol. The largest absolute Gasteiger partial charge is 0.481 e. The number of aromatic nitrogens is 3. The summed E-state index contributed by atoms with van der Waals surface area (Å²) in [4.78, 5) is 12.9. The van der Waals surface area contributed by atoms with E-state index in [4.69, 9.17) is 4.74 Å². The number of nitrogens with zero attached hydrogens (tertiary/aromatic N) is 3. The molecule has 2 rings (SSSR count). The van der Waals surface area contributed by atoms with Crippen LogP contribution in [0.3, 0.4) is 0 Å². The first-order valence-corrected chi connectivity index (χ1v) is 5.69. The summed E-state index contributed by atoms with van der Waals surface area (Å²) in [5.74, 6) is 2.15. The van der Waals surface area contributed by atoms with Gasteiger partial charge in [-0.05, 0) is 19.9 Å². The van der Waals surface area contributed by atoms with Gasteiger partial charge in [0, 0.05) is 30.4 Å². The van der Waals surface area contributed by atoms with Gasteiger partial charge in [0.25, 0.3) is 0 Å². The van der Waals surface area contributed by atoms with Crippen LogP contribution >= 0.6 is 0 Å². The maximum Gasteiger partial charge on any atom is 0.213 e. The van der Waals surface area contributed by atoms with Gasteiger partial charge in [-0.1, -0.05) is 0 Å². The molecule has 0 radical (unpaired) electrons. The second-order valence-electron chi connectivity index (χ2n) is 3.93. The van der Waals surface area contributed by atoms with Crippen molar-refractivity contribution < 1.29 is 4.74 Å². The van der Waals surface area contributed by atoms with E-state index in [1.165, 1.54) is 0 Å². The molecule has 5 nitrogen and oxygen atoms in total. The molecule has 0 atom stereocenters. The van der Waals surface area contributed by atoms with E-state index >= 15 is 0 Å². The SMILES string of the molecule is CNc1nc(C)nc(-c2ccnc(OC)c2)c1C. The van der Waals surface area contributed by atoms with Crippen molar-refractivity contribution in [1.82, 2.24) is 15.0 Å². The molecule has 5 heteroatoms. The highest BCUT2D eigenvalue weighted by Crippen LogP contribution is 2.26. The fourth-order valence-electron chi connectivity index (χ4n) is 1.82. The smallest absolute Gasteiger partial charge is 0.213 e. The lowest BCUT2D eigenvalue weighted by molar-refractivity contribution is 0.398. The van der Waals surface area contributed by atoms with Crippen LogP contribution in [0.2, 0.25) is 0 Å². The Kier molecular flexibility index (Phi) is 3.41. The molecule has 0 fully saturated rings. The topological polar surface area (TPSA) is 59.9 Å². The molecule has 0 aromatic carbocycles. The maximum atomic E-state index is 5.13. The minimum absolute atomic E-state index is 0.578. The molecule has 0 spiro atoms. The molecule has 0 aliphatic heterocycles. The van der Waals surface area contributed by atoms with Crippen molar-refractivity contribution in [2.75, 3.05) is 19.5 Å². The standard InChI is InChI=1S/C13H16N4O/c1-8-12(16-9(2)17-13(8)14-3)10-5-6-15-11(7-10)18-4/h5-7H,1-4H3,(H,14,16,17). The van der Waals surface area contributed by atoms with E-state index in [-0.39, 0.29) is 0 Å². The molecule has 0 saturated carbocycles. The predicted molar refractivity (Wildman–Crippen MR) is 70.8 cm³/mol. The van der Waals surface area contributed by atoms with Crippen LogP contribution in [-0.4, -0.2) is 29.1 Å². The van der Waals surface area contributed by atoms with Crippen molar-refractivity contribution in [1.29, 1.82) is 0 Å². The van der Waals surface area contributed by atoms with E-state index in [0.29, 0.717) is 5.88 Å². The minimum atomic E-state index is 0.578. The average molecular weight is 244 g/mol. The molecule has 18 heavy (non-hydrogen) atoms. The number of hydrogen-bond acceptors (Lipinski definition) is 5. The van der Waals surface area contributed by atoms with Crippen LogP contribution in [0.15, 0.2) is 18.3 Å². The van der Waals surface area contributed by atoms with Gasteiger partial charge < -0.3 is 10.1 Å². The Balaban J connectivity index is 2.59. The average Bonchev–Trinajstić information content (AvgIpc) is 2.41. The monoisotopic (exact) mass is 244 g/mol. The molecule has 0 aliphatic rings. The van der Waals surface area contributed by atoms with Gasteiger partial charge in [0.2, 0.25) is 5.88 Å². The lowest BCUT2D eigenvalue weighted by atomic mass is 10.1. The Hall–Kier alpha value is -2.17. The lowest BCUT2D eigenvalue weighted by Crippen LogP contribution is -2.03. The van der Waals surface area contributed by atoms with Gasteiger partial charge in [-0.3, -0.25) is 0 Å². The first-order chi connectivity index (χ1) is 8.65. The van der Waals surface area contributed by atoms with Gasteiger partial charge >= 0.3 is 0 Å². The van der Waals surface area contributed by atoms with E-state index in [1.54, 1.807) is 13.3 Å². The first-order valence-electron chi connectivity index (χ1n) is 5.69. The quantitative estimate of drug-likeness (QED) is 0.897. The Labute approximate surface area is 106 Å². The van der Waals surface area contributed by atoms with E-state index < -0.39 is 0 Å². The molecule has 0 amide bonds. The predicted octanol–water partition coefficient (Wildman–Crippen LogP) is 2.21. The van der Waals surface area contributed by atoms with Crippen LogP contribution in [0.1, 0.15) is 11.4 Å². The number of ether oxygens (including phenoxy) is 1. The number of aryl methyl sites for hydroxylation is 1. The summed E-state index contributed by atoms with van der Waals surface area (Å²) in [7, 11) is 3.45. The number of pyridine rings is 1. The fourth-order valence-corrected chi connectivity index (χ4v) is 1.82. The number of nitrogens with one attached hydrogen (secondary N) is 1. The van der Waals surface area contributed by atoms with Gasteiger partial charge in [-0.2, -0.15) is 0 Å². The molecular formula is C13H16N4O. The molecule has 0 aliphatic carbocycles. The third kappa shape index (κ3) is 2.25. The van der Waals surface area contributed by atoms with E-state index in [2.05, 4.69) is 20.3 Å². The second-order valence-corrected chi connectivity index (χ2v) is 3.93. The summed E-state index contributed by atoms with van der Waals surface area (Å²) in [6.07, 6.45) is 1.71. The van der Waals surface area contributed by atoms with Crippen molar-refractivity contribution in [3.05, 3.63) is 29.7 Å². The fraction of sp³-hybridized carbons (Fsp3) is 0.308. The minimum Gasteiger partial charge on any atom is -0.481 e. The summed E-state index contributed by atoms with van der Waals surface area (Å²) in [6, 6.07) is 3.78. The van der Waals surface area contributed by atoms with E-state index in [1.807, 2.05) is 33.0 Å². The summed E-state index contributed by atoms with van der Waals surface area (Å²) in [5.41, 5.74) is 2.88. The highest BCUT2D eigenvalue weighted by atomic mass is 16.5. The molecule has 0 unspecified atom stereocenters. The van der Waals surface area contributed by atoms with Crippen molar-refractivity contribution in [3.8, 4) is 17.1 Å². The van der Waals surface area contributed by atoms with Crippen LogP contribution in [0.5, 0.6) is 5.88 Å². The van der Waals surface area contributed by atoms with Crippen molar-refractivity contribution in [3.63, 3.8) is 0 Å². The summed E-state index contributed by atoms with van der Waals surface area (Å²) >= 11 is 0.